The summed E-state index contributed by atoms with van der Waals surface area (Å²) in [5.41, 5.74) is 0.696. The summed E-state index contributed by atoms with van der Waals surface area (Å²) in [5.74, 6) is -0.208. The number of hydrogen-bond donors (Lipinski definition) is 0. The minimum absolute atomic E-state index is 0.0405. The number of ether oxygens (including phenoxy) is 1. The summed E-state index contributed by atoms with van der Waals surface area (Å²) >= 11 is 2.26. The first kappa shape index (κ1) is 12.9. The standard InChI is InChI=1S/C12H16FIO/c1-12(2,3)15-11(8-14)9-5-4-6-10(13)7-9/h4-7,11H,8H2,1-3H3. The van der Waals surface area contributed by atoms with Crippen molar-refractivity contribution in [1.29, 1.82) is 0 Å². The molecule has 0 heterocycles. The molecule has 1 unspecified atom stereocenters. The molecular weight excluding hydrogens is 306 g/mol. The average Bonchev–Trinajstić information content (AvgIpc) is 2.13. The molecule has 0 aliphatic heterocycles. The summed E-state index contributed by atoms with van der Waals surface area (Å²) in [7, 11) is 0. The van der Waals surface area contributed by atoms with Crippen LogP contribution < -0.4 is 0 Å². The Hall–Kier alpha value is -0.160. The van der Waals surface area contributed by atoms with E-state index in [1.54, 1.807) is 6.07 Å². The molecule has 0 aromatic heterocycles. The van der Waals surface area contributed by atoms with Crippen LogP contribution >= 0.6 is 22.6 Å². The molecule has 1 rings (SSSR count). The molecule has 0 radical (unpaired) electrons. The van der Waals surface area contributed by atoms with Gasteiger partial charge in [-0.25, -0.2) is 4.39 Å². The van der Waals surface area contributed by atoms with E-state index in [1.807, 2.05) is 26.8 Å². The van der Waals surface area contributed by atoms with Gasteiger partial charge in [-0.15, -0.1) is 0 Å². The van der Waals surface area contributed by atoms with Crippen molar-refractivity contribution in [2.45, 2.75) is 32.5 Å². The zero-order valence-electron chi connectivity index (χ0n) is 9.26. The first-order valence-corrected chi connectivity index (χ1v) is 6.44. The van der Waals surface area contributed by atoms with Crippen molar-refractivity contribution in [3.63, 3.8) is 0 Å². The van der Waals surface area contributed by atoms with E-state index in [4.69, 9.17) is 4.74 Å². The SMILES string of the molecule is CC(C)(C)OC(CI)c1cccc(F)c1. The monoisotopic (exact) mass is 322 g/mol. The van der Waals surface area contributed by atoms with Crippen molar-refractivity contribution < 1.29 is 9.13 Å². The predicted octanol–water partition coefficient (Wildman–Crippen LogP) is 4.12. The largest absolute Gasteiger partial charge is 0.367 e. The quantitative estimate of drug-likeness (QED) is 0.601. The lowest BCUT2D eigenvalue weighted by Crippen LogP contribution is -2.23. The Bertz CT molecular complexity index is 320. The van der Waals surface area contributed by atoms with Crippen LogP contribution in [-0.4, -0.2) is 10.0 Å². The topological polar surface area (TPSA) is 9.23 Å². The van der Waals surface area contributed by atoms with E-state index in [2.05, 4.69) is 22.6 Å². The Morgan fingerprint density at radius 3 is 2.53 bits per heavy atom. The molecular formula is C12H16FIO. The lowest BCUT2D eigenvalue weighted by atomic mass is 10.1. The average molecular weight is 322 g/mol. The Morgan fingerprint density at radius 1 is 1.40 bits per heavy atom. The third-order valence-corrected chi connectivity index (χ3v) is 2.66. The van der Waals surface area contributed by atoms with E-state index in [0.29, 0.717) is 0 Å². The zero-order valence-corrected chi connectivity index (χ0v) is 11.4. The maximum absolute atomic E-state index is 13.0. The van der Waals surface area contributed by atoms with Gasteiger partial charge in [0.1, 0.15) is 5.82 Å². The van der Waals surface area contributed by atoms with Gasteiger partial charge in [-0.1, -0.05) is 34.7 Å². The normalized spacial score (nSPS) is 13.9. The molecule has 0 bridgehead atoms. The summed E-state index contributed by atoms with van der Waals surface area (Å²) in [6, 6.07) is 6.61. The van der Waals surface area contributed by atoms with Gasteiger partial charge >= 0.3 is 0 Å². The zero-order chi connectivity index (χ0) is 11.5. The van der Waals surface area contributed by atoms with Gasteiger partial charge < -0.3 is 4.74 Å². The van der Waals surface area contributed by atoms with Crippen LogP contribution in [0.25, 0.3) is 0 Å². The smallest absolute Gasteiger partial charge is 0.123 e. The Kier molecular flexibility index (Phi) is 4.52. The van der Waals surface area contributed by atoms with Gasteiger partial charge in [0.15, 0.2) is 0 Å². The van der Waals surface area contributed by atoms with Gasteiger partial charge in [-0.2, -0.15) is 0 Å². The molecule has 1 aromatic carbocycles. The fraction of sp³-hybridized carbons (Fsp3) is 0.500. The number of hydrogen-bond acceptors (Lipinski definition) is 1. The van der Waals surface area contributed by atoms with Crippen LogP contribution in [0.2, 0.25) is 0 Å². The highest BCUT2D eigenvalue weighted by atomic mass is 127. The van der Waals surface area contributed by atoms with Crippen LogP contribution in [0.15, 0.2) is 24.3 Å². The Morgan fingerprint density at radius 2 is 2.07 bits per heavy atom. The van der Waals surface area contributed by atoms with Crippen molar-refractivity contribution >= 4 is 22.6 Å². The van der Waals surface area contributed by atoms with Crippen molar-refractivity contribution in [2.24, 2.45) is 0 Å². The highest BCUT2D eigenvalue weighted by molar-refractivity contribution is 14.1. The number of rotatable bonds is 3. The molecule has 1 nitrogen and oxygen atoms in total. The lowest BCUT2D eigenvalue weighted by molar-refractivity contribution is -0.0495. The van der Waals surface area contributed by atoms with Gasteiger partial charge in [0.05, 0.1) is 11.7 Å². The summed E-state index contributed by atoms with van der Waals surface area (Å²) in [5, 5.41) is 0. The minimum atomic E-state index is -0.208. The highest BCUT2D eigenvalue weighted by Gasteiger charge is 2.19. The third-order valence-electron chi connectivity index (χ3n) is 1.86. The van der Waals surface area contributed by atoms with Gasteiger partial charge in [0, 0.05) is 4.43 Å². The number of alkyl halides is 1. The highest BCUT2D eigenvalue weighted by Crippen LogP contribution is 2.26. The molecule has 1 aromatic rings. The molecule has 0 spiro atoms. The third kappa shape index (κ3) is 4.47. The predicted molar refractivity (Wildman–Crippen MR) is 68.9 cm³/mol. The molecule has 3 heteroatoms. The first-order valence-electron chi connectivity index (χ1n) is 4.91. The molecule has 0 saturated heterocycles. The summed E-state index contributed by atoms with van der Waals surface area (Å²) < 4.78 is 19.7. The van der Waals surface area contributed by atoms with E-state index in [0.717, 1.165) is 9.99 Å². The van der Waals surface area contributed by atoms with E-state index in [9.17, 15) is 4.39 Å². The van der Waals surface area contributed by atoms with Crippen LogP contribution in [0.1, 0.15) is 32.4 Å². The van der Waals surface area contributed by atoms with Gasteiger partial charge in [0.2, 0.25) is 0 Å². The molecule has 1 atom stereocenters. The van der Waals surface area contributed by atoms with E-state index < -0.39 is 0 Å². The molecule has 0 aliphatic carbocycles. The molecule has 0 aliphatic rings. The number of halogens is 2. The first-order chi connectivity index (χ1) is 6.92. The number of benzene rings is 1. The lowest BCUT2D eigenvalue weighted by Gasteiger charge is -2.26. The molecule has 84 valence electrons. The van der Waals surface area contributed by atoms with E-state index in [-0.39, 0.29) is 17.5 Å². The molecule has 0 fully saturated rings. The Labute approximate surface area is 104 Å². The van der Waals surface area contributed by atoms with Gasteiger partial charge in [0.25, 0.3) is 0 Å². The van der Waals surface area contributed by atoms with Crippen molar-refractivity contribution in [1.82, 2.24) is 0 Å². The second-order valence-corrected chi connectivity index (χ2v) is 5.31. The summed E-state index contributed by atoms with van der Waals surface area (Å²) in [6.07, 6.45) is -0.0405. The van der Waals surface area contributed by atoms with Crippen LogP contribution in [0.3, 0.4) is 0 Å². The van der Waals surface area contributed by atoms with Crippen molar-refractivity contribution in [3.8, 4) is 0 Å². The van der Waals surface area contributed by atoms with Crippen LogP contribution in [0.4, 0.5) is 4.39 Å². The molecule has 15 heavy (non-hydrogen) atoms. The van der Waals surface area contributed by atoms with E-state index in [1.165, 1.54) is 12.1 Å². The maximum Gasteiger partial charge on any atom is 0.123 e. The molecule has 0 saturated carbocycles. The second-order valence-electron chi connectivity index (χ2n) is 4.43. The van der Waals surface area contributed by atoms with Crippen molar-refractivity contribution in [3.05, 3.63) is 35.6 Å². The Balaban J connectivity index is 2.83. The summed E-state index contributed by atoms with van der Waals surface area (Å²) in [6.45, 7) is 6.02. The van der Waals surface area contributed by atoms with Gasteiger partial charge in [-0.3, -0.25) is 0 Å². The maximum atomic E-state index is 13.0. The fourth-order valence-corrected chi connectivity index (χ4v) is 2.01. The van der Waals surface area contributed by atoms with Crippen LogP contribution in [0, 0.1) is 5.82 Å². The summed E-state index contributed by atoms with van der Waals surface area (Å²) in [4.78, 5) is 0. The fourth-order valence-electron chi connectivity index (χ4n) is 1.32. The second kappa shape index (κ2) is 5.25. The van der Waals surface area contributed by atoms with Crippen LogP contribution in [0.5, 0.6) is 0 Å². The minimum Gasteiger partial charge on any atom is -0.367 e. The van der Waals surface area contributed by atoms with Crippen LogP contribution in [-0.2, 0) is 4.74 Å². The molecule has 0 N–H and O–H groups in total. The van der Waals surface area contributed by atoms with Gasteiger partial charge in [-0.05, 0) is 38.5 Å². The van der Waals surface area contributed by atoms with Crippen molar-refractivity contribution in [2.75, 3.05) is 4.43 Å². The molecule has 0 amide bonds. The van der Waals surface area contributed by atoms with E-state index >= 15 is 0 Å².